The van der Waals surface area contributed by atoms with Gasteiger partial charge in [0, 0.05) is 0 Å². The van der Waals surface area contributed by atoms with E-state index in [9.17, 15) is 0 Å². The van der Waals surface area contributed by atoms with Crippen molar-refractivity contribution in [3.8, 4) is 0 Å². The van der Waals surface area contributed by atoms with Crippen molar-refractivity contribution < 1.29 is 0 Å². The topological polar surface area (TPSA) is 0 Å². The van der Waals surface area contributed by atoms with Gasteiger partial charge in [0.1, 0.15) is 0 Å². The number of hydrogen-bond acceptors (Lipinski definition) is 0. The zero-order valence-corrected chi connectivity index (χ0v) is 12.3. The van der Waals surface area contributed by atoms with E-state index < -0.39 is 0 Å². The second-order valence-corrected chi connectivity index (χ2v) is 8.40. The fourth-order valence-corrected chi connectivity index (χ4v) is 6.70. The van der Waals surface area contributed by atoms with Gasteiger partial charge >= 0.3 is 0 Å². The van der Waals surface area contributed by atoms with E-state index >= 15 is 0 Å². The minimum absolute atomic E-state index is 1.04. The summed E-state index contributed by atoms with van der Waals surface area (Å²) in [6.45, 7) is 5.23. The summed E-state index contributed by atoms with van der Waals surface area (Å²) < 4.78 is 0. The van der Waals surface area contributed by atoms with Crippen LogP contribution in [0, 0.1) is 47.3 Å². The molecular formula is C18H30. The molecule has 102 valence electrons. The van der Waals surface area contributed by atoms with Gasteiger partial charge in [0.05, 0.1) is 0 Å². The lowest BCUT2D eigenvalue weighted by atomic mass is 9.63. The van der Waals surface area contributed by atoms with Crippen LogP contribution in [0.3, 0.4) is 0 Å². The predicted octanol–water partition coefficient (Wildman–Crippen LogP) is 5.13. The largest absolute Gasteiger partial charge is 0.0620 e. The van der Waals surface area contributed by atoms with Crippen molar-refractivity contribution in [2.45, 2.75) is 65.2 Å². The fraction of sp³-hybridized carbons (Fsp3) is 1.00. The summed E-state index contributed by atoms with van der Waals surface area (Å²) in [5, 5.41) is 0. The third kappa shape index (κ3) is 1.70. The summed E-state index contributed by atoms with van der Waals surface area (Å²) >= 11 is 0. The van der Waals surface area contributed by atoms with Crippen LogP contribution in [-0.4, -0.2) is 0 Å². The Morgan fingerprint density at radius 3 is 2.00 bits per heavy atom. The van der Waals surface area contributed by atoms with Crippen molar-refractivity contribution in [3.63, 3.8) is 0 Å². The molecule has 0 aromatic rings. The molecule has 0 heteroatoms. The van der Waals surface area contributed by atoms with Gasteiger partial charge in [0.15, 0.2) is 0 Å². The molecule has 4 aliphatic carbocycles. The molecule has 0 aromatic heterocycles. The standard InChI is InChI=1S/C18H30/c1-11-15-5-3-13(7-15)9-17(11)12(2)18-10-14-4-6-16(18)8-14/h11-18H,3-10H2,1-2H3. The van der Waals surface area contributed by atoms with Gasteiger partial charge in [0.25, 0.3) is 0 Å². The molecule has 18 heavy (non-hydrogen) atoms. The molecule has 0 heterocycles. The lowest BCUT2D eigenvalue weighted by Gasteiger charge is -2.42. The Morgan fingerprint density at radius 1 is 0.722 bits per heavy atom. The van der Waals surface area contributed by atoms with Gasteiger partial charge in [-0.1, -0.05) is 26.7 Å². The summed E-state index contributed by atoms with van der Waals surface area (Å²) in [7, 11) is 0. The van der Waals surface area contributed by atoms with Crippen LogP contribution in [0.2, 0.25) is 0 Å². The van der Waals surface area contributed by atoms with E-state index in [0.717, 1.165) is 47.3 Å². The van der Waals surface area contributed by atoms with E-state index in [1.54, 1.807) is 51.4 Å². The highest BCUT2D eigenvalue weighted by molar-refractivity contribution is 4.97. The summed E-state index contributed by atoms with van der Waals surface area (Å²) in [6.07, 6.45) is 12.6. The molecule has 4 bridgehead atoms. The van der Waals surface area contributed by atoms with E-state index in [-0.39, 0.29) is 0 Å². The van der Waals surface area contributed by atoms with Gasteiger partial charge in [-0.05, 0) is 85.9 Å². The Morgan fingerprint density at radius 2 is 1.33 bits per heavy atom. The Bertz CT molecular complexity index is 320. The van der Waals surface area contributed by atoms with Crippen molar-refractivity contribution in [1.82, 2.24) is 0 Å². The summed E-state index contributed by atoms with van der Waals surface area (Å²) in [4.78, 5) is 0. The summed E-state index contributed by atoms with van der Waals surface area (Å²) in [5.74, 6) is 8.78. The highest BCUT2D eigenvalue weighted by atomic mass is 14.5. The summed E-state index contributed by atoms with van der Waals surface area (Å²) in [6, 6.07) is 0. The zero-order valence-electron chi connectivity index (χ0n) is 12.3. The molecule has 0 aromatic carbocycles. The lowest BCUT2D eigenvalue weighted by Crippen LogP contribution is -2.35. The lowest BCUT2D eigenvalue weighted by molar-refractivity contribution is 0.0697. The van der Waals surface area contributed by atoms with Gasteiger partial charge < -0.3 is 0 Å². The fourth-order valence-electron chi connectivity index (χ4n) is 6.70. The maximum absolute atomic E-state index is 2.64. The van der Waals surface area contributed by atoms with E-state index in [1.165, 1.54) is 0 Å². The predicted molar refractivity (Wildman–Crippen MR) is 76.2 cm³/mol. The minimum atomic E-state index is 1.04. The molecule has 8 unspecified atom stereocenters. The third-order valence-electron chi connectivity index (χ3n) is 7.75. The smallest absolute Gasteiger partial charge is 0.0355 e. The Kier molecular flexibility index (Phi) is 2.79. The normalized spacial score (nSPS) is 56.0. The average Bonchev–Trinajstić information content (AvgIpc) is 3.08. The van der Waals surface area contributed by atoms with Gasteiger partial charge in [-0.25, -0.2) is 0 Å². The quantitative estimate of drug-likeness (QED) is 0.633. The maximum atomic E-state index is 2.64. The third-order valence-corrected chi connectivity index (χ3v) is 7.75. The van der Waals surface area contributed by atoms with Gasteiger partial charge in [0.2, 0.25) is 0 Å². The van der Waals surface area contributed by atoms with E-state index in [2.05, 4.69) is 13.8 Å². The molecular weight excluding hydrogens is 216 g/mol. The Labute approximate surface area is 113 Å². The molecule has 4 saturated carbocycles. The first-order chi connectivity index (χ1) is 8.72. The molecule has 0 saturated heterocycles. The first-order valence-electron chi connectivity index (χ1n) is 8.72. The minimum Gasteiger partial charge on any atom is -0.0620 e. The highest BCUT2D eigenvalue weighted by Crippen LogP contribution is 2.57. The van der Waals surface area contributed by atoms with Crippen LogP contribution in [0.1, 0.15) is 65.2 Å². The van der Waals surface area contributed by atoms with E-state index in [1.807, 2.05) is 0 Å². The molecule has 0 radical (unpaired) electrons. The molecule has 4 fully saturated rings. The van der Waals surface area contributed by atoms with Crippen LogP contribution < -0.4 is 0 Å². The zero-order chi connectivity index (χ0) is 12.3. The molecule has 8 atom stereocenters. The highest BCUT2D eigenvalue weighted by Gasteiger charge is 2.47. The Hall–Kier alpha value is 0. The monoisotopic (exact) mass is 246 g/mol. The average molecular weight is 246 g/mol. The van der Waals surface area contributed by atoms with Crippen LogP contribution in [-0.2, 0) is 0 Å². The maximum Gasteiger partial charge on any atom is -0.0355 e. The SMILES string of the molecule is CC1C2CCC(C2)CC1C(C)C1CC2CCC1C2. The molecule has 4 rings (SSSR count). The van der Waals surface area contributed by atoms with Crippen LogP contribution in [0.4, 0.5) is 0 Å². The molecule has 4 aliphatic rings. The second-order valence-electron chi connectivity index (χ2n) is 8.40. The van der Waals surface area contributed by atoms with E-state index in [4.69, 9.17) is 0 Å². The van der Waals surface area contributed by atoms with Crippen molar-refractivity contribution in [2.24, 2.45) is 47.3 Å². The van der Waals surface area contributed by atoms with Gasteiger partial charge in [-0.3, -0.25) is 0 Å². The van der Waals surface area contributed by atoms with Crippen LogP contribution in [0.15, 0.2) is 0 Å². The van der Waals surface area contributed by atoms with E-state index in [0.29, 0.717) is 0 Å². The van der Waals surface area contributed by atoms with Gasteiger partial charge in [-0.15, -0.1) is 0 Å². The van der Waals surface area contributed by atoms with Crippen molar-refractivity contribution >= 4 is 0 Å². The van der Waals surface area contributed by atoms with Crippen molar-refractivity contribution in [3.05, 3.63) is 0 Å². The van der Waals surface area contributed by atoms with Gasteiger partial charge in [-0.2, -0.15) is 0 Å². The molecule has 0 nitrogen and oxygen atoms in total. The molecule has 0 spiro atoms. The van der Waals surface area contributed by atoms with Crippen molar-refractivity contribution in [1.29, 1.82) is 0 Å². The molecule has 0 aliphatic heterocycles. The molecule has 0 amide bonds. The Balaban J connectivity index is 1.49. The first-order valence-corrected chi connectivity index (χ1v) is 8.72. The number of rotatable bonds is 2. The number of hydrogen-bond donors (Lipinski definition) is 0. The van der Waals surface area contributed by atoms with Crippen LogP contribution in [0.25, 0.3) is 0 Å². The van der Waals surface area contributed by atoms with Crippen molar-refractivity contribution in [2.75, 3.05) is 0 Å². The summed E-state index contributed by atoms with van der Waals surface area (Å²) in [5.41, 5.74) is 0. The second kappa shape index (κ2) is 4.25. The number of fused-ring (bicyclic) bond motifs is 4. The molecule has 0 N–H and O–H groups in total. The van der Waals surface area contributed by atoms with Crippen LogP contribution >= 0.6 is 0 Å². The first kappa shape index (κ1) is 11.8. The van der Waals surface area contributed by atoms with Crippen LogP contribution in [0.5, 0.6) is 0 Å².